The van der Waals surface area contributed by atoms with Crippen LogP contribution in [0.2, 0.25) is 0 Å². The largest absolute Gasteiger partial charge is 0.189 e. The van der Waals surface area contributed by atoms with Crippen LogP contribution in [0.3, 0.4) is 0 Å². The van der Waals surface area contributed by atoms with Gasteiger partial charge in [0.1, 0.15) is 0 Å². The first-order valence-electron chi connectivity index (χ1n) is 9.86. The maximum atomic E-state index is 3.90. The average Bonchev–Trinajstić information content (AvgIpc) is 3.11. The van der Waals surface area contributed by atoms with Gasteiger partial charge in [0.15, 0.2) is 0 Å². The van der Waals surface area contributed by atoms with E-state index in [9.17, 15) is 0 Å². The summed E-state index contributed by atoms with van der Waals surface area (Å²) >= 11 is 0. The van der Waals surface area contributed by atoms with Gasteiger partial charge in [0.05, 0.1) is 0 Å². The van der Waals surface area contributed by atoms with Crippen LogP contribution in [-0.2, 0) is 31.6 Å². The van der Waals surface area contributed by atoms with Gasteiger partial charge in [0.2, 0.25) is 0 Å². The SMILES string of the molecule is CCC(C)C1(c2cccc3cc4ccccc4cc23)[C-]=c2ccccc2=C1.Cl.Cl.[Zr]. The van der Waals surface area contributed by atoms with Crippen LogP contribution in [0.15, 0.2) is 78.9 Å². The van der Waals surface area contributed by atoms with E-state index < -0.39 is 0 Å². The molecule has 0 nitrogen and oxygen atoms in total. The average molecular weight is 512 g/mol. The van der Waals surface area contributed by atoms with E-state index in [4.69, 9.17) is 0 Å². The Morgan fingerprint density at radius 1 is 0.800 bits per heavy atom. The molecular formula is C27H25Cl2Zr-. The fourth-order valence-electron chi connectivity index (χ4n) is 4.57. The van der Waals surface area contributed by atoms with Crippen molar-refractivity contribution in [3.05, 3.63) is 94.9 Å². The summed E-state index contributed by atoms with van der Waals surface area (Å²) in [5, 5.41) is 7.78. The first-order valence-corrected chi connectivity index (χ1v) is 9.86. The molecule has 2 unspecified atom stereocenters. The molecule has 0 amide bonds. The van der Waals surface area contributed by atoms with Crippen LogP contribution < -0.4 is 10.4 Å². The van der Waals surface area contributed by atoms with E-state index in [2.05, 4.69) is 105 Å². The van der Waals surface area contributed by atoms with Gasteiger partial charge in [0.25, 0.3) is 0 Å². The smallest absolute Gasteiger partial charge is 0 e. The van der Waals surface area contributed by atoms with Crippen LogP contribution in [0, 0.1) is 5.92 Å². The quantitative estimate of drug-likeness (QED) is 0.225. The molecule has 1 aliphatic carbocycles. The third-order valence-corrected chi connectivity index (χ3v) is 6.27. The molecular weight excluding hydrogens is 486 g/mol. The van der Waals surface area contributed by atoms with E-state index in [0.717, 1.165) is 6.42 Å². The van der Waals surface area contributed by atoms with Crippen LogP contribution >= 0.6 is 24.8 Å². The second-order valence-corrected chi connectivity index (χ2v) is 7.76. The Kier molecular flexibility index (Phi) is 8.14. The molecule has 0 heterocycles. The molecule has 152 valence electrons. The van der Waals surface area contributed by atoms with Crippen molar-refractivity contribution in [2.45, 2.75) is 25.7 Å². The van der Waals surface area contributed by atoms with E-state index in [0.29, 0.717) is 5.92 Å². The van der Waals surface area contributed by atoms with Crippen molar-refractivity contribution in [2.24, 2.45) is 5.92 Å². The summed E-state index contributed by atoms with van der Waals surface area (Å²) in [6.07, 6.45) is 7.46. The molecule has 0 saturated heterocycles. The Balaban J connectivity index is 0.00000107. The second-order valence-electron chi connectivity index (χ2n) is 7.76. The predicted octanol–water partition coefficient (Wildman–Crippen LogP) is 6.27. The van der Waals surface area contributed by atoms with E-state index in [1.54, 1.807) is 0 Å². The molecule has 0 fully saturated rings. The molecule has 30 heavy (non-hydrogen) atoms. The molecule has 5 rings (SSSR count). The van der Waals surface area contributed by atoms with Crippen LogP contribution in [-0.4, -0.2) is 0 Å². The summed E-state index contributed by atoms with van der Waals surface area (Å²) in [4.78, 5) is 0. The van der Waals surface area contributed by atoms with Gasteiger partial charge in [-0.2, -0.15) is 17.4 Å². The normalized spacial score (nSPS) is 17.5. The van der Waals surface area contributed by atoms with Crippen molar-refractivity contribution in [2.75, 3.05) is 0 Å². The van der Waals surface area contributed by atoms with Gasteiger partial charge in [-0.05, 0) is 50.6 Å². The van der Waals surface area contributed by atoms with Gasteiger partial charge in [-0.3, -0.25) is 0 Å². The third-order valence-electron chi connectivity index (χ3n) is 6.27. The Morgan fingerprint density at radius 2 is 1.43 bits per heavy atom. The molecule has 1 aliphatic rings. The Morgan fingerprint density at radius 3 is 2.13 bits per heavy atom. The van der Waals surface area contributed by atoms with Crippen molar-refractivity contribution in [3.63, 3.8) is 0 Å². The zero-order valence-electron chi connectivity index (χ0n) is 17.2. The van der Waals surface area contributed by atoms with Crippen molar-refractivity contribution >= 4 is 58.5 Å². The zero-order chi connectivity index (χ0) is 18.4. The standard InChI is InChI=1S/C27H23.2ClH.Zr/c1-3-19(2)27(17-23-11-6-7-12-24(23)18-27)26-14-8-13-22-15-20-9-4-5-10-21(20)16-25(22)26;;;/h4-17,19H,3H2,1-2H3;2*1H;/q-1;;;. The van der Waals surface area contributed by atoms with Crippen molar-refractivity contribution < 1.29 is 26.2 Å². The van der Waals surface area contributed by atoms with Crippen LogP contribution in [0.25, 0.3) is 33.7 Å². The number of hydrogen-bond donors (Lipinski definition) is 0. The van der Waals surface area contributed by atoms with Gasteiger partial charge in [-0.15, -0.1) is 48.2 Å². The zero-order valence-corrected chi connectivity index (χ0v) is 21.3. The topological polar surface area (TPSA) is 0 Å². The van der Waals surface area contributed by atoms with E-state index in [-0.39, 0.29) is 56.4 Å². The van der Waals surface area contributed by atoms with Gasteiger partial charge < -0.3 is 0 Å². The van der Waals surface area contributed by atoms with Crippen LogP contribution in [0.1, 0.15) is 25.8 Å². The Hall–Kier alpha value is -1.40. The van der Waals surface area contributed by atoms with Gasteiger partial charge in [-0.1, -0.05) is 68.8 Å². The molecule has 0 spiro atoms. The van der Waals surface area contributed by atoms with Crippen molar-refractivity contribution in [1.82, 2.24) is 0 Å². The fraction of sp³-hybridized carbons (Fsp3) is 0.185. The van der Waals surface area contributed by atoms with Crippen LogP contribution in [0.4, 0.5) is 0 Å². The minimum atomic E-state index is -0.180. The minimum Gasteiger partial charge on any atom is -0.189 e. The number of hydrogen-bond acceptors (Lipinski definition) is 0. The van der Waals surface area contributed by atoms with Gasteiger partial charge in [0, 0.05) is 26.2 Å². The molecule has 4 aromatic rings. The van der Waals surface area contributed by atoms with Gasteiger partial charge >= 0.3 is 0 Å². The number of fused-ring (bicyclic) bond motifs is 3. The van der Waals surface area contributed by atoms with Gasteiger partial charge in [-0.25, -0.2) is 0 Å². The van der Waals surface area contributed by atoms with Crippen molar-refractivity contribution in [1.29, 1.82) is 0 Å². The molecule has 0 aromatic heterocycles. The summed E-state index contributed by atoms with van der Waals surface area (Å²) < 4.78 is 0. The fourth-order valence-corrected chi connectivity index (χ4v) is 4.57. The monoisotopic (exact) mass is 509 g/mol. The molecule has 2 atom stereocenters. The first-order chi connectivity index (χ1) is 13.2. The summed E-state index contributed by atoms with van der Waals surface area (Å²) in [5.41, 5.74) is 1.19. The Bertz CT molecular complexity index is 1260. The molecule has 0 bridgehead atoms. The number of rotatable bonds is 3. The maximum absolute atomic E-state index is 3.90. The summed E-state index contributed by atoms with van der Waals surface area (Å²) in [7, 11) is 0. The summed E-state index contributed by atoms with van der Waals surface area (Å²) in [5.74, 6) is 0.474. The maximum Gasteiger partial charge on any atom is 0 e. The molecule has 4 aromatic carbocycles. The van der Waals surface area contributed by atoms with E-state index >= 15 is 0 Å². The number of halogens is 2. The van der Waals surface area contributed by atoms with Crippen LogP contribution in [0.5, 0.6) is 0 Å². The number of benzene rings is 4. The summed E-state index contributed by atoms with van der Waals surface area (Å²) in [6, 6.07) is 28.7. The van der Waals surface area contributed by atoms with E-state index in [1.807, 2.05) is 0 Å². The summed E-state index contributed by atoms with van der Waals surface area (Å²) in [6.45, 7) is 4.64. The second kappa shape index (κ2) is 9.82. The molecule has 3 heteroatoms. The molecule has 0 radical (unpaired) electrons. The molecule has 0 aliphatic heterocycles. The third kappa shape index (κ3) is 3.93. The predicted molar refractivity (Wildman–Crippen MR) is 131 cm³/mol. The first kappa shape index (κ1) is 24.9. The molecule has 0 saturated carbocycles. The molecule has 0 N–H and O–H groups in total. The Labute approximate surface area is 210 Å². The van der Waals surface area contributed by atoms with E-state index in [1.165, 1.54) is 37.5 Å². The van der Waals surface area contributed by atoms with Crippen molar-refractivity contribution in [3.8, 4) is 0 Å². The minimum absolute atomic E-state index is 0.